The Kier molecular flexibility index (Phi) is 7.69. The number of dihydropyridines is 1. The summed E-state index contributed by atoms with van der Waals surface area (Å²) in [5.41, 5.74) is 8.51. The predicted octanol–water partition coefficient (Wildman–Crippen LogP) is 5.60. The van der Waals surface area contributed by atoms with E-state index < -0.39 is 0 Å². The summed E-state index contributed by atoms with van der Waals surface area (Å²) in [5.74, 6) is 0.196. The van der Waals surface area contributed by atoms with Crippen molar-refractivity contribution in [1.82, 2.24) is 15.2 Å². The number of carbonyl (C=O) groups excluding carboxylic acids is 1. The number of rotatable bonds is 8. The van der Waals surface area contributed by atoms with Crippen molar-refractivity contribution < 1.29 is 7.65 Å². The molecule has 0 saturated carbocycles. The van der Waals surface area contributed by atoms with Crippen LogP contribution < -0.4 is 10.6 Å². The molecular weight excluding hydrogens is 434 g/mol. The quantitative estimate of drug-likeness (QED) is 0.521. The highest BCUT2D eigenvalue weighted by atomic mass is 16.1. The van der Waals surface area contributed by atoms with Gasteiger partial charge in [-0.25, -0.2) is 0 Å². The zero-order valence-corrected chi connectivity index (χ0v) is 21.6. The second-order valence-corrected chi connectivity index (χ2v) is 9.72. The van der Waals surface area contributed by atoms with E-state index in [9.17, 15) is 4.79 Å². The average molecular weight is 476 g/mol. The first-order valence-electron chi connectivity index (χ1n) is 12.6. The van der Waals surface area contributed by atoms with Gasteiger partial charge in [0.25, 0.3) is 0 Å². The van der Waals surface area contributed by atoms with Crippen molar-refractivity contribution in [3.63, 3.8) is 0 Å². The Labute approximate surface area is 212 Å². The molecule has 1 unspecified atom stereocenters. The SMILES string of the molecule is CCN(C)/C=C1/N=CC(N[C@@H](C)c2cc(NC(=O)Cc3ccc4c(n3)CCC4)ccc2C)=CC1C.[HH].[HH]. The average Bonchev–Trinajstić information content (AvgIpc) is 3.29. The van der Waals surface area contributed by atoms with Gasteiger partial charge in [-0.3, -0.25) is 14.8 Å². The molecule has 2 aliphatic rings. The lowest BCUT2D eigenvalue weighted by Gasteiger charge is -2.23. The number of amides is 1. The van der Waals surface area contributed by atoms with Crippen LogP contribution in [0.25, 0.3) is 0 Å². The smallest absolute Gasteiger partial charge is 0.230 e. The Morgan fingerprint density at radius 2 is 2.11 bits per heavy atom. The highest BCUT2D eigenvalue weighted by molar-refractivity contribution is 5.92. The third-order valence-corrected chi connectivity index (χ3v) is 6.84. The summed E-state index contributed by atoms with van der Waals surface area (Å²) in [6.07, 6.45) is 9.78. The number of aliphatic imine (C=N–C) groups is 1. The van der Waals surface area contributed by atoms with Gasteiger partial charge in [-0.05, 0) is 74.9 Å². The Hall–Kier alpha value is -3.41. The Bertz CT molecular complexity index is 1190. The molecular formula is C29H41N5O. The third-order valence-electron chi connectivity index (χ3n) is 6.84. The number of anilines is 1. The molecule has 2 heterocycles. The number of fused-ring (bicyclic) bond motifs is 1. The maximum absolute atomic E-state index is 12.7. The maximum atomic E-state index is 12.7. The maximum Gasteiger partial charge on any atom is 0.230 e. The van der Waals surface area contributed by atoms with Crippen LogP contribution in [0.15, 0.2) is 59.0 Å². The molecule has 6 heteroatoms. The minimum Gasteiger partial charge on any atom is -0.379 e. The summed E-state index contributed by atoms with van der Waals surface area (Å²) in [5, 5.41) is 6.65. The van der Waals surface area contributed by atoms with Crippen LogP contribution >= 0.6 is 0 Å². The van der Waals surface area contributed by atoms with Gasteiger partial charge in [-0.1, -0.05) is 25.1 Å². The second-order valence-electron chi connectivity index (χ2n) is 9.72. The number of pyridine rings is 1. The van der Waals surface area contributed by atoms with Gasteiger partial charge in [0.15, 0.2) is 0 Å². The van der Waals surface area contributed by atoms with E-state index in [2.05, 4.69) is 85.7 Å². The summed E-state index contributed by atoms with van der Waals surface area (Å²) in [4.78, 5) is 24.2. The van der Waals surface area contributed by atoms with E-state index in [-0.39, 0.29) is 27.1 Å². The molecule has 0 radical (unpaired) electrons. The first-order valence-corrected chi connectivity index (χ1v) is 12.6. The van der Waals surface area contributed by atoms with E-state index in [1.165, 1.54) is 11.1 Å². The first kappa shape index (κ1) is 24.7. The van der Waals surface area contributed by atoms with Gasteiger partial charge in [0, 0.05) is 51.7 Å². The highest BCUT2D eigenvalue weighted by Gasteiger charge is 2.17. The van der Waals surface area contributed by atoms with Crippen LogP contribution in [0.3, 0.4) is 0 Å². The van der Waals surface area contributed by atoms with Gasteiger partial charge in [0.2, 0.25) is 5.91 Å². The van der Waals surface area contributed by atoms with E-state index >= 15 is 0 Å². The van der Waals surface area contributed by atoms with Crippen molar-refractivity contribution in [1.29, 1.82) is 0 Å². The number of hydrogen-bond donors (Lipinski definition) is 2. The summed E-state index contributed by atoms with van der Waals surface area (Å²) >= 11 is 0. The fourth-order valence-electron chi connectivity index (χ4n) is 4.66. The van der Waals surface area contributed by atoms with Gasteiger partial charge < -0.3 is 15.5 Å². The van der Waals surface area contributed by atoms with Crippen LogP contribution in [0.2, 0.25) is 0 Å². The molecule has 4 rings (SSSR count). The van der Waals surface area contributed by atoms with Gasteiger partial charge in [-0.15, -0.1) is 0 Å². The summed E-state index contributed by atoms with van der Waals surface area (Å²) in [6.45, 7) is 9.48. The number of allylic oxidation sites excluding steroid dienone is 2. The minimum atomic E-state index is -0.0434. The normalized spacial score (nSPS) is 18.7. The number of nitrogens with zero attached hydrogens (tertiary/aromatic N) is 3. The molecule has 1 aromatic heterocycles. The summed E-state index contributed by atoms with van der Waals surface area (Å²) in [6, 6.07) is 10.3. The molecule has 0 fully saturated rings. The molecule has 1 amide bonds. The Morgan fingerprint density at radius 1 is 1.29 bits per heavy atom. The molecule has 0 spiro atoms. The van der Waals surface area contributed by atoms with Gasteiger partial charge in [0.1, 0.15) is 0 Å². The molecule has 1 aromatic carbocycles. The monoisotopic (exact) mass is 475 g/mol. The third kappa shape index (κ3) is 6.18. The summed E-state index contributed by atoms with van der Waals surface area (Å²) < 4.78 is 0. The molecule has 1 aliphatic carbocycles. The van der Waals surface area contributed by atoms with Gasteiger partial charge in [0.05, 0.1) is 24.0 Å². The second kappa shape index (κ2) is 10.9. The topological polar surface area (TPSA) is 69.6 Å². The van der Waals surface area contributed by atoms with E-state index in [1.54, 1.807) is 0 Å². The lowest BCUT2D eigenvalue weighted by atomic mass is 10.00. The lowest BCUT2D eigenvalue weighted by molar-refractivity contribution is -0.115. The number of hydrogen-bond acceptors (Lipinski definition) is 5. The van der Waals surface area contributed by atoms with Crippen LogP contribution in [-0.2, 0) is 24.1 Å². The van der Waals surface area contributed by atoms with Crippen molar-refractivity contribution in [2.45, 2.75) is 59.4 Å². The predicted molar refractivity (Wildman–Crippen MR) is 148 cm³/mol. The fraction of sp³-hybridized carbons (Fsp3) is 0.414. The van der Waals surface area contributed by atoms with Crippen molar-refractivity contribution in [2.24, 2.45) is 10.9 Å². The molecule has 2 atom stereocenters. The molecule has 2 N–H and O–H groups in total. The zero-order valence-electron chi connectivity index (χ0n) is 21.6. The molecule has 0 bridgehead atoms. The standard InChI is InChI=1S/C29H37N5O.2H2/c1-6-34(5)18-28-20(3)14-25(17-30-28)31-21(4)26-15-23(12-10-19(26)2)33-29(35)16-24-13-11-22-8-7-9-27(22)32-24;;/h10-15,17-18,20-21,31H,6-9,16H2,1-5H3,(H,33,35);2*1H/b28-18+;;/t20?,21-;;/m0../s1. The lowest BCUT2D eigenvalue weighted by Crippen LogP contribution is -2.23. The van der Waals surface area contributed by atoms with Crippen LogP contribution in [0, 0.1) is 12.8 Å². The van der Waals surface area contributed by atoms with Crippen LogP contribution in [0.4, 0.5) is 5.69 Å². The van der Waals surface area contributed by atoms with E-state index in [1.807, 2.05) is 18.3 Å². The fourth-order valence-corrected chi connectivity index (χ4v) is 4.66. The zero-order chi connectivity index (χ0) is 24.9. The van der Waals surface area contributed by atoms with Crippen LogP contribution in [-0.4, -0.2) is 35.6 Å². The van der Waals surface area contributed by atoms with E-state index in [0.717, 1.165) is 59.8 Å². The van der Waals surface area contributed by atoms with Crippen molar-refractivity contribution in [3.05, 3.63) is 82.1 Å². The Balaban J connectivity index is 0.00000241. The van der Waals surface area contributed by atoms with Gasteiger partial charge >= 0.3 is 0 Å². The molecule has 1 aliphatic heterocycles. The molecule has 0 saturated heterocycles. The van der Waals surface area contributed by atoms with Crippen molar-refractivity contribution in [3.8, 4) is 0 Å². The number of benzene rings is 1. The summed E-state index contributed by atoms with van der Waals surface area (Å²) in [7, 11) is 2.06. The van der Waals surface area contributed by atoms with E-state index in [0.29, 0.717) is 0 Å². The largest absolute Gasteiger partial charge is 0.379 e. The molecule has 188 valence electrons. The van der Waals surface area contributed by atoms with Gasteiger partial charge in [-0.2, -0.15) is 0 Å². The Morgan fingerprint density at radius 3 is 2.89 bits per heavy atom. The molecule has 6 nitrogen and oxygen atoms in total. The van der Waals surface area contributed by atoms with Crippen LogP contribution in [0.1, 0.15) is 64.2 Å². The van der Waals surface area contributed by atoms with Crippen LogP contribution in [0.5, 0.6) is 0 Å². The minimum absolute atomic E-state index is 0. The number of aryl methyl sites for hydroxylation is 3. The number of nitrogens with one attached hydrogen (secondary N) is 2. The van der Waals surface area contributed by atoms with Crippen molar-refractivity contribution >= 4 is 17.8 Å². The molecule has 2 aromatic rings. The molecule has 35 heavy (non-hydrogen) atoms. The number of carbonyl (C=O) groups is 1. The van der Waals surface area contributed by atoms with E-state index in [4.69, 9.17) is 4.98 Å². The first-order chi connectivity index (χ1) is 16.8. The highest BCUT2D eigenvalue weighted by Crippen LogP contribution is 2.25. The van der Waals surface area contributed by atoms with Crippen molar-refractivity contribution in [2.75, 3.05) is 18.9 Å². The number of aromatic nitrogens is 1.